The molecule has 1 aromatic carbocycles. The lowest BCUT2D eigenvalue weighted by molar-refractivity contribution is 0.395. The van der Waals surface area contributed by atoms with Crippen molar-refractivity contribution in [3.8, 4) is 0 Å². The molecule has 0 aliphatic carbocycles. The van der Waals surface area contributed by atoms with Gasteiger partial charge in [0, 0.05) is 10.9 Å². The maximum absolute atomic E-state index is 3.60. The van der Waals surface area contributed by atoms with Crippen LogP contribution in [-0.2, 0) is 0 Å². The molecule has 16 heavy (non-hydrogen) atoms. The second-order valence-electron chi connectivity index (χ2n) is 4.60. The number of thioether (sulfide) groups is 1. The molecular formula is C14H21NS. The lowest BCUT2D eigenvalue weighted by Gasteiger charge is -2.23. The van der Waals surface area contributed by atoms with Crippen LogP contribution >= 0.6 is 11.8 Å². The topological polar surface area (TPSA) is 12.0 Å². The highest BCUT2D eigenvalue weighted by molar-refractivity contribution is 7.99. The molecule has 1 heterocycles. The van der Waals surface area contributed by atoms with Crippen molar-refractivity contribution in [2.24, 2.45) is 0 Å². The fourth-order valence-corrected chi connectivity index (χ4v) is 3.28. The largest absolute Gasteiger partial charge is 0.314 e. The van der Waals surface area contributed by atoms with E-state index in [0.29, 0.717) is 0 Å². The minimum atomic E-state index is 0.769. The monoisotopic (exact) mass is 235 g/mol. The fraction of sp³-hybridized carbons (Fsp3) is 0.571. The van der Waals surface area contributed by atoms with Crippen LogP contribution in [0.15, 0.2) is 29.2 Å². The van der Waals surface area contributed by atoms with E-state index in [2.05, 4.69) is 36.5 Å². The first kappa shape index (κ1) is 12.0. The summed E-state index contributed by atoms with van der Waals surface area (Å²) in [6.45, 7) is 3.38. The molecule has 88 valence electrons. The fourth-order valence-electron chi connectivity index (χ4n) is 2.19. The van der Waals surface area contributed by atoms with Crippen LogP contribution in [0.2, 0.25) is 0 Å². The zero-order valence-corrected chi connectivity index (χ0v) is 10.9. The van der Waals surface area contributed by atoms with Crippen molar-refractivity contribution < 1.29 is 0 Å². The molecule has 0 aromatic heterocycles. The molecule has 1 aliphatic rings. The van der Waals surface area contributed by atoms with Crippen molar-refractivity contribution >= 4 is 11.8 Å². The first-order chi connectivity index (χ1) is 7.84. The summed E-state index contributed by atoms with van der Waals surface area (Å²) in [7, 11) is 0. The highest BCUT2D eigenvalue weighted by atomic mass is 32.2. The van der Waals surface area contributed by atoms with Gasteiger partial charge >= 0.3 is 0 Å². The lowest BCUT2D eigenvalue weighted by atomic mass is 10.0. The van der Waals surface area contributed by atoms with E-state index in [4.69, 9.17) is 0 Å². The summed E-state index contributed by atoms with van der Waals surface area (Å²) in [6.07, 6.45) is 5.45. The van der Waals surface area contributed by atoms with Crippen molar-refractivity contribution in [3.05, 3.63) is 29.8 Å². The Bertz CT molecular complexity index is 318. The third kappa shape index (κ3) is 3.84. The molecular weight excluding hydrogens is 214 g/mol. The molecule has 0 saturated carbocycles. The highest BCUT2D eigenvalue weighted by Gasteiger charge is 2.11. The number of nitrogens with one attached hydrogen (secondary N) is 1. The average molecular weight is 235 g/mol. The second kappa shape index (κ2) is 6.31. The Balaban J connectivity index is 1.71. The van der Waals surface area contributed by atoms with Crippen molar-refractivity contribution in [2.45, 2.75) is 43.5 Å². The molecule has 1 aliphatic heterocycles. The number of hydrogen-bond acceptors (Lipinski definition) is 2. The summed E-state index contributed by atoms with van der Waals surface area (Å²) in [5.74, 6) is 1.24. The van der Waals surface area contributed by atoms with Crippen LogP contribution in [0.3, 0.4) is 0 Å². The van der Waals surface area contributed by atoms with E-state index >= 15 is 0 Å². The van der Waals surface area contributed by atoms with Crippen molar-refractivity contribution in [1.82, 2.24) is 5.32 Å². The predicted octanol–water partition coefficient (Wildman–Crippen LogP) is 3.62. The van der Waals surface area contributed by atoms with E-state index in [0.717, 1.165) is 6.04 Å². The number of hydrogen-bond donors (Lipinski definition) is 1. The Morgan fingerprint density at radius 2 is 2.31 bits per heavy atom. The van der Waals surface area contributed by atoms with Gasteiger partial charge in [-0.2, -0.15) is 0 Å². The van der Waals surface area contributed by atoms with E-state index in [-0.39, 0.29) is 0 Å². The van der Waals surface area contributed by atoms with E-state index < -0.39 is 0 Å². The molecule has 0 amide bonds. The Kier molecular flexibility index (Phi) is 4.73. The molecule has 0 bridgehead atoms. The van der Waals surface area contributed by atoms with Crippen LogP contribution in [0.25, 0.3) is 0 Å². The maximum atomic E-state index is 3.60. The molecule has 1 saturated heterocycles. The molecule has 0 radical (unpaired) electrons. The average Bonchev–Trinajstić information content (AvgIpc) is 2.30. The van der Waals surface area contributed by atoms with Crippen molar-refractivity contribution in [3.63, 3.8) is 0 Å². The molecule has 1 unspecified atom stereocenters. The quantitative estimate of drug-likeness (QED) is 0.800. The highest BCUT2D eigenvalue weighted by Crippen LogP contribution is 2.21. The number of benzene rings is 1. The van der Waals surface area contributed by atoms with Gasteiger partial charge in [-0.1, -0.05) is 24.1 Å². The number of piperidine rings is 1. The molecule has 0 spiro atoms. The van der Waals surface area contributed by atoms with E-state index in [1.165, 1.54) is 48.4 Å². The third-order valence-electron chi connectivity index (χ3n) is 3.14. The number of rotatable bonds is 4. The first-order valence-corrected chi connectivity index (χ1v) is 7.26. The first-order valence-electron chi connectivity index (χ1n) is 6.27. The van der Waals surface area contributed by atoms with Crippen LogP contribution in [0.4, 0.5) is 0 Å². The zero-order chi connectivity index (χ0) is 11.2. The standard InChI is InChI=1S/C14H21NS/c1-12-5-4-7-14(11-12)16-10-8-13-6-2-3-9-15-13/h4-5,7,11,13,15H,2-3,6,8-10H2,1H3. The summed E-state index contributed by atoms with van der Waals surface area (Å²) >= 11 is 1.99. The van der Waals surface area contributed by atoms with Crippen LogP contribution in [0, 0.1) is 6.92 Å². The van der Waals surface area contributed by atoms with Crippen LogP contribution in [0.5, 0.6) is 0 Å². The molecule has 2 heteroatoms. The molecule has 1 aromatic rings. The number of aryl methyl sites for hydroxylation is 1. The molecule has 1 N–H and O–H groups in total. The Morgan fingerprint density at radius 1 is 1.38 bits per heavy atom. The smallest absolute Gasteiger partial charge is 0.00750 e. The zero-order valence-electron chi connectivity index (χ0n) is 10.0. The summed E-state index contributed by atoms with van der Waals surface area (Å²) < 4.78 is 0. The van der Waals surface area contributed by atoms with Gasteiger partial charge < -0.3 is 5.32 Å². The van der Waals surface area contributed by atoms with E-state index in [9.17, 15) is 0 Å². The van der Waals surface area contributed by atoms with Gasteiger partial charge in [0.2, 0.25) is 0 Å². The molecule has 2 rings (SSSR count). The predicted molar refractivity (Wildman–Crippen MR) is 72.2 cm³/mol. The third-order valence-corrected chi connectivity index (χ3v) is 4.16. The van der Waals surface area contributed by atoms with Gasteiger partial charge in [-0.25, -0.2) is 0 Å². The van der Waals surface area contributed by atoms with Crippen LogP contribution in [-0.4, -0.2) is 18.3 Å². The Hall–Kier alpha value is -0.470. The van der Waals surface area contributed by atoms with E-state index in [1.54, 1.807) is 0 Å². The van der Waals surface area contributed by atoms with Crippen LogP contribution < -0.4 is 5.32 Å². The minimum absolute atomic E-state index is 0.769. The molecule has 1 atom stereocenters. The minimum Gasteiger partial charge on any atom is -0.314 e. The lowest BCUT2D eigenvalue weighted by Crippen LogP contribution is -2.34. The second-order valence-corrected chi connectivity index (χ2v) is 5.77. The van der Waals surface area contributed by atoms with Gasteiger partial charge in [0.25, 0.3) is 0 Å². The summed E-state index contributed by atoms with van der Waals surface area (Å²) in [6, 6.07) is 9.57. The van der Waals surface area contributed by atoms with E-state index in [1.807, 2.05) is 11.8 Å². The van der Waals surface area contributed by atoms with Gasteiger partial charge in [-0.3, -0.25) is 0 Å². The summed E-state index contributed by atoms with van der Waals surface area (Å²) in [5.41, 5.74) is 1.36. The van der Waals surface area contributed by atoms with Crippen molar-refractivity contribution in [1.29, 1.82) is 0 Å². The van der Waals surface area contributed by atoms with Gasteiger partial charge in [-0.15, -0.1) is 11.8 Å². The normalized spacial score (nSPS) is 20.9. The van der Waals surface area contributed by atoms with Crippen molar-refractivity contribution in [2.75, 3.05) is 12.3 Å². The van der Waals surface area contributed by atoms with Gasteiger partial charge in [-0.05, 0) is 50.6 Å². The Labute approximate surface area is 103 Å². The Morgan fingerprint density at radius 3 is 3.06 bits per heavy atom. The summed E-state index contributed by atoms with van der Waals surface area (Å²) in [4.78, 5) is 1.41. The van der Waals surface area contributed by atoms with Gasteiger partial charge in [0.1, 0.15) is 0 Å². The maximum Gasteiger partial charge on any atom is 0.00750 e. The summed E-state index contributed by atoms with van der Waals surface area (Å²) in [5, 5.41) is 3.60. The SMILES string of the molecule is Cc1cccc(SCCC2CCCCN2)c1. The van der Waals surface area contributed by atoms with Gasteiger partial charge in [0.05, 0.1) is 0 Å². The van der Waals surface area contributed by atoms with Crippen LogP contribution in [0.1, 0.15) is 31.2 Å². The molecule has 1 fully saturated rings. The van der Waals surface area contributed by atoms with Gasteiger partial charge in [0.15, 0.2) is 0 Å². The molecule has 1 nitrogen and oxygen atoms in total.